The standard InChI is InChI=1S/C22H26N2O4/c1-14-10-21(24-17-12-16(25-2)13-20(28-5)22(14)17)23-9-8-15-6-7-18(26-3)19(11-15)27-4/h6-7,10-13H,8-9H2,1-5H3,(H,23,24). The lowest BCUT2D eigenvalue weighted by Gasteiger charge is -2.13. The highest BCUT2D eigenvalue weighted by atomic mass is 16.5. The van der Waals surface area contributed by atoms with Crippen LogP contribution in [0.5, 0.6) is 23.0 Å². The lowest BCUT2D eigenvalue weighted by atomic mass is 10.1. The number of ether oxygens (including phenoxy) is 4. The Labute approximate surface area is 165 Å². The number of nitrogens with one attached hydrogen (secondary N) is 1. The van der Waals surface area contributed by atoms with Gasteiger partial charge in [-0.3, -0.25) is 0 Å². The van der Waals surface area contributed by atoms with Crippen molar-refractivity contribution >= 4 is 16.7 Å². The molecule has 0 saturated carbocycles. The number of pyridine rings is 1. The third-order valence-electron chi connectivity index (χ3n) is 4.67. The first kappa shape index (κ1) is 19.6. The molecule has 3 rings (SSSR count). The van der Waals surface area contributed by atoms with Gasteiger partial charge in [-0.15, -0.1) is 0 Å². The minimum atomic E-state index is 0.721. The van der Waals surface area contributed by atoms with Crippen molar-refractivity contribution < 1.29 is 18.9 Å². The zero-order chi connectivity index (χ0) is 20.1. The summed E-state index contributed by atoms with van der Waals surface area (Å²) in [5, 5.41) is 4.40. The summed E-state index contributed by atoms with van der Waals surface area (Å²) in [4.78, 5) is 4.73. The monoisotopic (exact) mass is 382 g/mol. The van der Waals surface area contributed by atoms with Gasteiger partial charge >= 0.3 is 0 Å². The lowest BCUT2D eigenvalue weighted by Crippen LogP contribution is -2.07. The van der Waals surface area contributed by atoms with Crippen LogP contribution in [-0.2, 0) is 6.42 Å². The molecule has 0 amide bonds. The maximum atomic E-state index is 5.51. The van der Waals surface area contributed by atoms with Gasteiger partial charge in [0.25, 0.3) is 0 Å². The van der Waals surface area contributed by atoms with E-state index in [2.05, 4.69) is 12.2 Å². The summed E-state index contributed by atoms with van der Waals surface area (Å²) in [6, 6.07) is 11.8. The van der Waals surface area contributed by atoms with Gasteiger partial charge in [-0.1, -0.05) is 6.07 Å². The Bertz CT molecular complexity index is 972. The average molecular weight is 382 g/mol. The third kappa shape index (κ3) is 4.06. The molecular formula is C22H26N2O4. The van der Waals surface area contributed by atoms with Gasteiger partial charge in [0.05, 0.1) is 34.0 Å². The molecule has 0 aliphatic carbocycles. The summed E-state index contributed by atoms with van der Waals surface area (Å²) in [7, 11) is 6.57. The molecule has 6 nitrogen and oxygen atoms in total. The number of benzene rings is 2. The van der Waals surface area contributed by atoms with Crippen LogP contribution >= 0.6 is 0 Å². The maximum Gasteiger partial charge on any atom is 0.160 e. The van der Waals surface area contributed by atoms with Crippen LogP contribution in [0.4, 0.5) is 5.82 Å². The summed E-state index contributed by atoms with van der Waals surface area (Å²) in [6.07, 6.45) is 0.834. The Morgan fingerprint density at radius 2 is 1.57 bits per heavy atom. The predicted molar refractivity (Wildman–Crippen MR) is 111 cm³/mol. The molecule has 148 valence electrons. The number of hydrogen-bond donors (Lipinski definition) is 1. The molecule has 1 N–H and O–H groups in total. The third-order valence-corrected chi connectivity index (χ3v) is 4.67. The van der Waals surface area contributed by atoms with Crippen LogP contribution < -0.4 is 24.3 Å². The summed E-state index contributed by atoms with van der Waals surface area (Å²) >= 11 is 0. The van der Waals surface area contributed by atoms with E-state index in [0.717, 1.165) is 63.8 Å². The molecule has 0 aliphatic rings. The quantitative estimate of drug-likeness (QED) is 0.629. The molecule has 2 aromatic carbocycles. The van der Waals surface area contributed by atoms with Crippen LogP contribution in [0.1, 0.15) is 11.1 Å². The molecule has 0 fully saturated rings. The highest BCUT2D eigenvalue weighted by Gasteiger charge is 2.11. The van der Waals surface area contributed by atoms with Gasteiger partial charge in [-0.25, -0.2) is 4.98 Å². The zero-order valence-corrected chi connectivity index (χ0v) is 17.0. The molecule has 28 heavy (non-hydrogen) atoms. The van der Waals surface area contributed by atoms with Gasteiger partial charge in [-0.05, 0) is 42.7 Å². The van der Waals surface area contributed by atoms with E-state index >= 15 is 0 Å². The number of aromatic nitrogens is 1. The number of fused-ring (bicyclic) bond motifs is 1. The Balaban J connectivity index is 1.78. The molecule has 1 heterocycles. The van der Waals surface area contributed by atoms with Crippen molar-refractivity contribution in [2.75, 3.05) is 40.3 Å². The van der Waals surface area contributed by atoms with E-state index in [-0.39, 0.29) is 0 Å². The first-order valence-corrected chi connectivity index (χ1v) is 9.07. The van der Waals surface area contributed by atoms with Crippen LogP contribution in [0.3, 0.4) is 0 Å². The van der Waals surface area contributed by atoms with Gasteiger partial charge in [0.1, 0.15) is 17.3 Å². The van der Waals surface area contributed by atoms with Gasteiger partial charge in [0.15, 0.2) is 11.5 Å². The molecule has 0 atom stereocenters. The summed E-state index contributed by atoms with van der Waals surface area (Å²) in [5.74, 6) is 3.77. The number of nitrogens with zero attached hydrogens (tertiary/aromatic N) is 1. The molecule has 0 saturated heterocycles. The Morgan fingerprint density at radius 1 is 0.821 bits per heavy atom. The van der Waals surface area contributed by atoms with Crippen molar-refractivity contribution in [3.05, 3.63) is 47.5 Å². The number of anilines is 1. The first-order chi connectivity index (χ1) is 13.6. The van der Waals surface area contributed by atoms with Crippen molar-refractivity contribution in [1.82, 2.24) is 4.98 Å². The highest BCUT2D eigenvalue weighted by molar-refractivity contribution is 5.91. The van der Waals surface area contributed by atoms with Crippen LogP contribution in [0.15, 0.2) is 36.4 Å². The Kier molecular flexibility index (Phi) is 6.09. The number of hydrogen-bond acceptors (Lipinski definition) is 6. The predicted octanol–water partition coefficient (Wildman–Crippen LogP) is 4.23. The SMILES string of the molecule is COc1cc(OC)c2c(C)cc(NCCc3ccc(OC)c(OC)c3)nc2c1. The van der Waals surface area contributed by atoms with Crippen LogP contribution in [0.25, 0.3) is 10.9 Å². The van der Waals surface area contributed by atoms with Crippen LogP contribution in [-0.4, -0.2) is 40.0 Å². The molecule has 3 aromatic rings. The topological polar surface area (TPSA) is 61.8 Å². The smallest absolute Gasteiger partial charge is 0.160 e. The van der Waals surface area contributed by atoms with E-state index in [0.29, 0.717) is 0 Å². The van der Waals surface area contributed by atoms with Gasteiger partial charge in [0.2, 0.25) is 0 Å². The van der Waals surface area contributed by atoms with Crippen molar-refractivity contribution in [2.24, 2.45) is 0 Å². The fourth-order valence-corrected chi connectivity index (χ4v) is 3.24. The van der Waals surface area contributed by atoms with E-state index in [4.69, 9.17) is 23.9 Å². The number of methoxy groups -OCH3 is 4. The summed E-state index contributed by atoms with van der Waals surface area (Å²) in [5.41, 5.74) is 3.09. The molecule has 0 spiro atoms. The molecular weight excluding hydrogens is 356 g/mol. The minimum Gasteiger partial charge on any atom is -0.497 e. The molecule has 0 aliphatic heterocycles. The molecule has 6 heteroatoms. The zero-order valence-electron chi connectivity index (χ0n) is 17.0. The van der Waals surface area contributed by atoms with Crippen molar-refractivity contribution in [1.29, 1.82) is 0 Å². The Morgan fingerprint density at radius 3 is 2.25 bits per heavy atom. The van der Waals surface area contributed by atoms with E-state index in [1.165, 1.54) is 0 Å². The Hall–Kier alpha value is -3.15. The van der Waals surface area contributed by atoms with Crippen LogP contribution in [0, 0.1) is 6.92 Å². The van der Waals surface area contributed by atoms with E-state index in [1.54, 1.807) is 28.4 Å². The molecule has 1 aromatic heterocycles. The van der Waals surface area contributed by atoms with Gasteiger partial charge in [0, 0.05) is 24.1 Å². The average Bonchev–Trinajstić information content (AvgIpc) is 2.72. The second-order valence-electron chi connectivity index (χ2n) is 6.41. The van der Waals surface area contributed by atoms with E-state index < -0.39 is 0 Å². The number of rotatable bonds is 8. The minimum absolute atomic E-state index is 0.721. The van der Waals surface area contributed by atoms with Crippen molar-refractivity contribution in [3.8, 4) is 23.0 Å². The van der Waals surface area contributed by atoms with E-state index in [1.807, 2.05) is 36.4 Å². The van der Waals surface area contributed by atoms with Crippen molar-refractivity contribution in [2.45, 2.75) is 13.3 Å². The second kappa shape index (κ2) is 8.69. The van der Waals surface area contributed by atoms with E-state index in [9.17, 15) is 0 Å². The van der Waals surface area contributed by atoms with Crippen LogP contribution in [0.2, 0.25) is 0 Å². The van der Waals surface area contributed by atoms with Gasteiger partial charge in [-0.2, -0.15) is 0 Å². The molecule has 0 radical (unpaired) electrons. The molecule has 0 bridgehead atoms. The fourth-order valence-electron chi connectivity index (χ4n) is 3.24. The van der Waals surface area contributed by atoms with Crippen molar-refractivity contribution in [3.63, 3.8) is 0 Å². The molecule has 0 unspecified atom stereocenters. The highest BCUT2D eigenvalue weighted by Crippen LogP contribution is 2.33. The first-order valence-electron chi connectivity index (χ1n) is 9.07. The number of aryl methyl sites for hydroxylation is 1. The normalized spacial score (nSPS) is 10.6. The van der Waals surface area contributed by atoms with Gasteiger partial charge < -0.3 is 24.3 Å². The second-order valence-corrected chi connectivity index (χ2v) is 6.41. The summed E-state index contributed by atoms with van der Waals surface area (Å²) < 4.78 is 21.5. The largest absolute Gasteiger partial charge is 0.497 e. The lowest BCUT2D eigenvalue weighted by molar-refractivity contribution is 0.354. The fraction of sp³-hybridized carbons (Fsp3) is 0.318. The maximum absolute atomic E-state index is 5.51. The summed E-state index contributed by atoms with van der Waals surface area (Å²) in [6.45, 7) is 2.80.